The average Bonchev–Trinajstić information content (AvgIpc) is 3.21. The monoisotopic (exact) mass is 433 g/mol. The molecule has 0 radical (unpaired) electrons. The Bertz CT molecular complexity index is 1380. The molecule has 0 spiro atoms. The number of hydrogen-bond donors (Lipinski definition) is 1. The number of fused-ring (bicyclic) bond motifs is 1. The number of nitrogens with zero attached hydrogens (tertiary/aromatic N) is 4. The molecule has 0 saturated heterocycles. The molecule has 9 nitrogen and oxygen atoms in total. The van der Waals surface area contributed by atoms with Crippen LogP contribution in [0.1, 0.15) is 17.2 Å². The van der Waals surface area contributed by atoms with Gasteiger partial charge in [-0.15, -0.1) is 0 Å². The van der Waals surface area contributed by atoms with Crippen LogP contribution in [-0.2, 0) is 25.4 Å². The molecule has 0 saturated carbocycles. The van der Waals surface area contributed by atoms with Gasteiger partial charge in [-0.3, -0.25) is 14.2 Å². The molecule has 2 aromatic heterocycles. The zero-order chi connectivity index (χ0) is 22.8. The molecule has 1 atom stereocenters. The van der Waals surface area contributed by atoms with E-state index in [4.69, 9.17) is 4.74 Å². The summed E-state index contributed by atoms with van der Waals surface area (Å²) in [5.74, 6) is 0.238. The predicted octanol–water partition coefficient (Wildman–Crippen LogP) is 1.35. The highest BCUT2D eigenvalue weighted by atomic mass is 16.5. The summed E-state index contributed by atoms with van der Waals surface area (Å²) in [6.45, 7) is -0.411. The largest absolute Gasteiger partial charge is 0.497 e. The molecule has 2 aromatic carbocycles. The summed E-state index contributed by atoms with van der Waals surface area (Å²) < 4.78 is 8.95. The van der Waals surface area contributed by atoms with Crippen LogP contribution in [0.3, 0.4) is 0 Å². The van der Waals surface area contributed by atoms with E-state index < -0.39 is 29.7 Å². The van der Waals surface area contributed by atoms with E-state index in [9.17, 15) is 14.4 Å². The smallest absolute Gasteiger partial charge is 0.332 e. The van der Waals surface area contributed by atoms with Crippen LogP contribution in [0.25, 0.3) is 11.2 Å². The Labute approximate surface area is 183 Å². The summed E-state index contributed by atoms with van der Waals surface area (Å²) in [4.78, 5) is 42.7. The Hall–Kier alpha value is -4.14. The number of aromatic nitrogens is 4. The zero-order valence-electron chi connectivity index (χ0n) is 18.0. The van der Waals surface area contributed by atoms with Crippen molar-refractivity contribution in [1.29, 1.82) is 0 Å². The van der Waals surface area contributed by atoms with Crippen LogP contribution in [-0.4, -0.2) is 31.7 Å². The number of aryl methyl sites for hydroxylation is 2. The van der Waals surface area contributed by atoms with E-state index in [0.29, 0.717) is 5.75 Å². The number of hydrogen-bond acceptors (Lipinski definition) is 5. The molecule has 9 heteroatoms. The van der Waals surface area contributed by atoms with Gasteiger partial charge in [0.25, 0.3) is 5.56 Å². The number of rotatable bonds is 6. The minimum Gasteiger partial charge on any atom is -0.497 e. The fourth-order valence-electron chi connectivity index (χ4n) is 3.69. The number of nitrogens with one attached hydrogen (secondary N) is 1. The lowest BCUT2D eigenvalue weighted by Gasteiger charge is -2.20. The maximum Gasteiger partial charge on any atom is 0.332 e. The van der Waals surface area contributed by atoms with Crippen LogP contribution < -0.4 is 21.3 Å². The van der Waals surface area contributed by atoms with Gasteiger partial charge in [-0.1, -0.05) is 42.5 Å². The molecule has 0 aliphatic heterocycles. The van der Waals surface area contributed by atoms with Crippen molar-refractivity contribution in [2.75, 3.05) is 7.11 Å². The summed E-state index contributed by atoms with van der Waals surface area (Å²) in [5.41, 5.74) is 1.09. The first-order chi connectivity index (χ1) is 15.4. The van der Waals surface area contributed by atoms with Crippen LogP contribution in [0.15, 0.2) is 70.5 Å². The van der Waals surface area contributed by atoms with Gasteiger partial charge in [0.2, 0.25) is 5.91 Å². The van der Waals surface area contributed by atoms with Gasteiger partial charge >= 0.3 is 5.69 Å². The van der Waals surface area contributed by atoms with Gasteiger partial charge in [-0.2, -0.15) is 0 Å². The van der Waals surface area contributed by atoms with Gasteiger partial charge in [0.15, 0.2) is 11.2 Å². The Kier molecular flexibility index (Phi) is 5.63. The summed E-state index contributed by atoms with van der Waals surface area (Å²) in [6, 6.07) is 16.4. The number of benzene rings is 2. The minimum atomic E-state index is -0.600. The first kappa shape index (κ1) is 21.1. The average molecular weight is 433 g/mol. The first-order valence-corrected chi connectivity index (χ1v) is 10.00. The molecule has 164 valence electrons. The molecule has 0 aliphatic rings. The second-order valence-electron chi connectivity index (χ2n) is 7.44. The highest BCUT2D eigenvalue weighted by Crippen LogP contribution is 2.24. The van der Waals surface area contributed by atoms with Gasteiger partial charge < -0.3 is 14.6 Å². The third-order valence-corrected chi connectivity index (χ3v) is 5.39. The van der Waals surface area contributed by atoms with Crippen molar-refractivity contribution >= 4 is 17.1 Å². The summed E-state index contributed by atoms with van der Waals surface area (Å²) >= 11 is 0. The van der Waals surface area contributed by atoms with E-state index in [0.717, 1.165) is 15.7 Å². The molecule has 1 N–H and O–H groups in total. The summed E-state index contributed by atoms with van der Waals surface area (Å²) in [7, 11) is 4.78. The molecule has 4 rings (SSSR count). The van der Waals surface area contributed by atoms with E-state index in [2.05, 4.69) is 10.3 Å². The van der Waals surface area contributed by atoms with Gasteiger partial charge in [0.1, 0.15) is 12.3 Å². The summed E-state index contributed by atoms with van der Waals surface area (Å²) in [5, 5.41) is 2.96. The first-order valence-electron chi connectivity index (χ1n) is 10.00. The number of carbonyl (C=O) groups excluding carboxylic acids is 1. The Morgan fingerprint density at radius 1 is 1.03 bits per heavy atom. The van der Waals surface area contributed by atoms with E-state index in [1.807, 2.05) is 54.6 Å². The highest BCUT2D eigenvalue weighted by molar-refractivity contribution is 5.77. The number of methoxy groups -OCH3 is 1. The number of ether oxygens (including phenoxy) is 1. The molecule has 0 bridgehead atoms. The topological polar surface area (TPSA) is 100 Å². The Balaban J connectivity index is 1.68. The van der Waals surface area contributed by atoms with Crippen LogP contribution in [0, 0.1) is 0 Å². The second kappa shape index (κ2) is 8.54. The van der Waals surface area contributed by atoms with Crippen molar-refractivity contribution < 1.29 is 9.53 Å². The van der Waals surface area contributed by atoms with Gasteiger partial charge in [-0.25, -0.2) is 14.3 Å². The fraction of sp³-hybridized carbons (Fsp3) is 0.217. The van der Waals surface area contributed by atoms with Crippen LogP contribution in [0.5, 0.6) is 5.75 Å². The lowest BCUT2D eigenvalue weighted by molar-refractivity contribution is -0.122. The minimum absolute atomic E-state index is 0.259. The Morgan fingerprint density at radius 3 is 2.34 bits per heavy atom. The van der Waals surface area contributed by atoms with Gasteiger partial charge in [0.05, 0.1) is 19.5 Å². The molecule has 32 heavy (non-hydrogen) atoms. The van der Waals surface area contributed by atoms with Crippen LogP contribution in [0.4, 0.5) is 0 Å². The van der Waals surface area contributed by atoms with Gasteiger partial charge in [0, 0.05) is 14.1 Å². The van der Waals surface area contributed by atoms with E-state index >= 15 is 0 Å². The third-order valence-electron chi connectivity index (χ3n) is 5.39. The van der Waals surface area contributed by atoms with E-state index in [1.165, 1.54) is 22.5 Å². The fourth-order valence-corrected chi connectivity index (χ4v) is 3.69. The molecule has 4 aromatic rings. The number of amides is 1. The molecule has 0 aliphatic carbocycles. The molecule has 1 unspecified atom stereocenters. The van der Waals surface area contributed by atoms with Crippen molar-refractivity contribution in [3.8, 4) is 5.75 Å². The van der Waals surface area contributed by atoms with Crippen molar-refractivity contribution in [2.24, 2.45) is 14.1 Å². The number of imidazole rings is 1. The predicted molar refractivity (Wildman–Crippen MR) is 120 cm³/mol. The van der Waals surface area contributed by atoms with Crippen molar-refractivity contribution in [2.45, 2.75) is 12.6 Å². The van der Waals surface area contributed by atoms with E-state index in [-0.39, 0.29) is 11.2 Å². The molecule has 1 amide bonds. The zero-order valence-corrected chi connectivity index (χ0v) is 18.0. The van der Waals surface area contributed by atoms with Crippen LogP contribution >= 0.6 is 0 Å². The summed E-state index contributed by atoms with van der Waals surface area (Å²) in [6.07, 6.45) is 1.46. The van der Waals surface area contributed by atoms with E-state index in [1.54, 1.807) is 14.2 Å². The second-order valence-corrected chi connectivity index (χ2v) is 7.44. The maximum atomic E-state index is 13.0. The third kappa shape index (κ3) is 3.80. The standard InChI is InChI=1S/C23H23N5O4/c1-26-14-24-21-20(26)22(30)28(23(31)27(21)2)13-18(29)25-19(15-7-5-4-6-8-15)16-9-11-17(32-3)12-10-16/h4-12,14,19H,13H2,1-3H3,(H,25,29). The molecular weight excluding hydrogens is 410 g/mol. The molecule has 0 fully saturated rings. The van der Waals surface area contributed by atoms with Gasteiger partial charge in [-0.05, 0) is 23.3 Å². The normalized spacial score (nSPS) is 12.0. The van der Waals surface area contributed by atoms with Crippen LogP contribution in [0.2, 0.25) is 0 Å². The molecule has 2 heterocycles. The quantitative estimate of drug-likeness (QED) is 0.495. The highest BCUT2D eigenvalue weighted by Gasteiger charge is 2.20. The maximum absolute atomic E-state index is 13.0. The lowest BCUT2D eigenvalue weighted by atomic mass is 9.98. The number of carbonyl (C=O) groups is 1. The lowest BCUT2D eigenvalue weighted by Crippen LogP contribution is -2.44. The SMILES string of the molecule is COc1ccc(C(NC(=O)Cn2c(=O)c3c(ncn3C)n(C)c2=O)c2ccccc2)cc1. The molecular formula is C23H23N5O4. The Morgan fingerprint density at radius 2 is 1.69 bits per heavy atom. The van der Waals surface area contributed by atoms with Crippen molar-refractivity contribution in [1.82, 2.24) is 24.0 Å². The van der Waals surface area contributed by atoms with Crippen molar-refractivity contribution in [3.63, 3.8) is 0 Å². The van der Waals surface area contributed by atoms with Crippen molar-refractivity contribution in [3.05, 3.63) is 92.9 Å².